The van der Waals surface area contributed by atoms with Gasteiger partial charge in [0.1, 0.15) is 5.75 Å². The van der Waals surface area contributed by atoms with Crippen LogP contribution in [0.15, 0.2) is 48.6 Å². The average Bonchev–Trinajstić information content (AvgIpc) is 2.74. The van der Waals surface area contributed by atoms with Gasteiger partial charge in [-0.25, -0.2) is 4.79 Å². The van der Waals surface area contributed by atoms with E-state index in [1.165, 1.54) is 75.8 Å². The van der Waals surface area contributed by atoms with Crippen molar-refractivity contribution < 1.29 is 9.53 Å². The third-order valence-corrected chi connectivity index (χ3v) is 6.07. The number of unbranched alkanes of at least 4 members (excludes halogenated alkanes) is 5. The number of hydrogen-bond donors (Lipinski definition) is 0. The van der Waals surface area contributed by atoms with Crippen LogP contribution in [0.1, 0.15) is 102 Å². The van der Waals surface area contributed by atoms with Crippen LogP contribution in [0.2, 0.25) is 0 Å². The Morgan fingerprint density at radius 1 is 0.931 bits per heavy atom. The molecule has 2 heteroatoms. The van der Waals surface area contributed by atoms with Gasteiger partial charge in [0, 0.05) is 6.08 Å². The number of carbonyl (C=O) groups excluding carboxylic acids is 1. The van der Waals surface area contributed by atoms with Gasteiger partial charge in [-0.05, 0) is 61.6 Å². The Morgan fingerprint density at radius 3 is 2.34 bits per heavy atom. The highest BCUT2D eigenvalue weighted by atomic mass is 16.5. The zero-order chi connectivity index (χ0) is 20.7. The van der Waals surface area contributed by atoms with Crippen molar-refractivity contribution in [2.75, 3.05) is 0 Å². The van der Waals surface area contributed by atoms with Crippen LogP contribution in [0.25, 0.3) is 0 Å². The number of rotatable bonds is 12. The minimum Gasteiger partial charge on any atom is -0.423 e. The van der Waals surface area contributed by atoms with Crippen LogP contribution in [0.5, 0.6) is 5.75 Å². The lowest BCUT2D eigenvalue weighted by Gasteiger charge is -2.29. The lowest BCUT2D eigenvalue weighted by Crippen LogP contribution is -2.13. The van der Waals surface area contributed by atoms with Crippen molar-refractivity contribution in [1.29, 1.82) is 0 Å². The lowest BCUT2D eigenvalue weighted by molar-refractivity contribution is -0.128. The van der Waals surface area contributed by atoms with Gasteiger partial charge in [0.05, 0.1) is 0 Å². The van der Waals surface area contributed by atoms with Crippen LogP contribution >= 0.6 is 0 Å². The Morgan fingerprint density at radius 2 is 1.66 bits per heavy atom. The second kappa shape index (κ2) is 14.2. The standard InChI is InChI=1S/C27H40O2/c1-3-5-7-9-11-13-23-15-17-24(18-16-23)25-19-21-26(22-20-25)29-27(28)14-12-10-8-6-4-2/h8,10,12,14,19-24H,3-7,9,11,13,15-18H2,1-2H3. The molecule has 0 bridgehead atoms. The molecule has 0 heterocycles. The van der Waals surface area contributed by atoms with Gasteiger partial charge in [-0.15, -0.1) is 0 Å². The van der Waals surface area contributed by atoms with E-state index in [9.17, 15) is 4.79 Å². The monoisotopic (exact) mass is 396 g/mol. The first-order valence-electron chi connectivity index (χ1n) is 11.9. The van der Waals surface area contributed by atoms with Crippen LogP contribution in [-0.4, -0.2) is 5.97 Å². The largest absolute Gasteiger partial charge is 0.423 e. The first-order chi connectivity index (χ1) is 14.2. The maximum atomic E-state index is 11.9. The maximum absolute atomic E-state index is 11.9. The van der Waals surface area contributed by atoms with Gasteiger partial charge in [-0.1, -0.05) is 89.2 Å². The highest BCUT2D eigenvalue weighted by molar-refractivity contribution is 5.84. The van der Waals surface area contributed by atoms with Crippen LogP contribution < -0.4 is 4.74 Å². The topological polar surface area (TPSA) is 26.3 Å². The fourth-order valence-corrected chi connectivity index (χ4v) is 4.25. The molecular formula is C27H40O2. The van der Waals surface area contributed by atoms with Crippen molar-refractivity contribution in [1.82, 2.24) is 0 Å². The second-order valence-electron chi connectivity index (χ2n) is 8.49. The molecule has 0 saturated heterocycles. The second-order valence-corrected chi connectivity index (χ2v) is 8.49. The smallest absolute Gasteiger partial charge is 0.336 e. The molecule has 1 fully saturated rings. The van der Waals surface area contributed by atoms with Gasteiger partial charge in [-0.3, -0.25) is 0 Å². The van der Waals surface area contributed by atoms with E-state index in [-0.39, 0.29) is 5.97 Å². The normalized spacial score (nSPS) is 19.8. The number of allylic oxidation sites excluding steroid dienone is 3. The molecule has 2 rings (SSSR count). The molecule has 1 aromatic rings. The first kappa shape index (κ1) is 23.4. The van der Waals surface area contributed by atoms with Crippen molar-refractivity contribution in [2.45, 2.75) is 96.8 Å². The summed E-state index contributed by atoms with van der Waals surface area (Å²) in [6.07, 6.45) is 23.0. The van der Waals surface area contributed by atoms with Gasteiger partial charge in [-0.2, -0.15) is 0 Å². The summed E-state index contributed by atoms with van der Waals surface area (Å²) in [6, 6.07) is 8.16. The summed E-state index contributed by atoms with van der Waals surface area (Å²) >= 11 is 0. The van der Waals surface area contributed by atoms with E-state index in [4.69, 9.17) is 4.74 Å². The Kier molecular flexibility index (Phi) is 11.5. The molecule has 0 atom stereocenters. The van der Waals surface area contributed by atoms with E-state index in [0.29, 0.717) is 11.7 Å². The van der Waals surface area contributed by atoms with Crippen LogP contribution in [0.3, 0.4) is 0 Å². The van der Waals surface area contributed by atoms with E-state index in [1.54, 1.807) is 6.08 Å². The summed E-state index contributed by atoms with van der Waals surface area (Å²) in [5.74, 6) is 1.91. The molecule has 0 aliphatic heterocycles. The van der Waals surface area contributed by atoms with E-state index in [2.05, 4.69) is 32.1 Å². The molecule has 1 saturated carbocycles. The summed E-state index contributed by atoms with van der Waals surface area (Å²) in [7, 11) is 0. The number of ether oxygens (including phenoxy) is 1. The van der Waals surface area contributed by atoms with Crippen molar-refractivity contribution in [3.63, 3.8) is 0 Å². The van der Waals surface area contributed by atoms with Crippen molar-refractivity contribution in [2.24, 2.45) is 5.92 Å². The van der Waals surface area contributed by atoms with E-state index < -0.39 is 0 Å². The Bertz CT molecular complexity index is 618. The Labute approximate surface area is 178 Å². The average molecular weight is 397 g/mol. The fraction of sp³-hybridized carbons (Fsp3) is 0.593. The van der Waals surface area contributed by atoms with Crippen molar-refractivity contribution in [3.8, 4) is 5.75 Å². The third-order valence-electron chi connectivity index (χ3n) is 6.07. The molecule has 0 aromatic heterocycles. The Hall–Kier alpha value is -1.83. The zero-order valence-corrected chi connectivity index (χ0v) is 18.6. The molecule has 29 heavy (non-hydrogen) atoms. The summed E-state index contributed by atoms with van der Waals surface area (Å²) in [5.41, 5.74) is 1.39. The maximum Gasteiger partial charge on any atom is 0.336 e. The number of hydrogen-bond acceptors (Lipinski definition) is 2. The molecule has 1 aromatic carbocycles. The minimum absolute atomic E-state index is 0.321. The predicted octanol–water partition coefficient (Wildman–Crippen LogP) is 8.14. The van der Waals surface area contributed by atoms with Gasteiger partial charge in [0.2, 0.25) is 0 Å². The molecule has 0 N–H and O–H groups in total. The van der Waals surface area contributed by atoms with Gasteiger partial charge in [0.25, 0.3) is 0 Å². The fourth-order valence-electron chi connectivity index (χ4n) is 4.25. The van der Waals surface area contributed by atoms with Crippen LogP contribution in [0, 0.1) is 5.92 Å². The van der Waals surface area contributed by atoms with Gasteiger partial charge in [0.15, 0.2) is 0 Å². The van der Waals surface area contributed by atoms with E-state index >= 15 is 0 Å². The van der Waals surface area contributed by atoms with Crippen LogP contribution in [0.4, 0.5) is 0 Å². The molecule has 1 aliphatic rings. The summed E-state index contributed by atoms with van der Waals surface area (Å²) < 4.78 is 5.39. The number of esters is 1. The van der Waals surface area contributed by atoms with Crippen LogP contribution in [-0.2, 0) is 4.79 Å². The van der Waals surface area contributed by atoms with Gasteiger partial charge >= 0.3 is 5.97 Å². The molecule has 1 aliphatic carbocycles. The number of carbonyl (C=O) groups is 1. The molecule has 0 spiro atoms. The lowest BCUT2D eigenvalue weighted by atomic mass is 9.77. The Balaban J connectivity index is 1.70. The third kappa shape index (κ3) is 9.47. The molecule has 0 unspecified atom stereocenters. The van der Waals surface area contributed by atoms with Crippen molar-refractivity contribution >= 4 is 5.97 Å². The van der Waals surface area contributed by atoms with E-state index in [0.717, 1.165) is 18.8 Å². The summed E-state index contributed by atoms with van der Waals surface area (Å²) in [6.45, 7) is 4.41. The van der Waals surface area contributed by atoms with Gasteiger partial charge < -0.3 is 4.74 Å². The molecular weight excluding hydrogens is 356 g/mol. The highest BCUT2D eigenvalue weighted by Crippen LogP contribution is 2.38. The predicted molar refractivity (Wildman–Crippen MR) is 123 cm³/mol. The highest BCUT2D eigenvalue weighted by Gasteiger charge is 2.22. The summed E-state index contributed by atoms with van der Waals surface area (Å²) in [5, 5.41) is 0. The number of benzene rings is 1. The first-order valence-corrected chi connectivity index (χ1v) is 11.9. The molecule has 0 radical (unpaired) electrons. The molecule has 160 valence electrons. The molecule has 2 nitrogen and oxygen atoms in total. The van der Waals surface area contributed by atoms with Crippen molar-refractivity contribution in [3.05, 3.63) is 54.1 Å². The molecule has 0 amide bonds. The SMILES string of the molecule is CCCC=CC=CC(=O)Oc1ccc(C2CCC(CCCCCCC)CC2)cc1. The summed E-state index contributed by atoms with van der Waals surface area (Å²) in [4.78, 5) is 11.9. The zero-order valence-electron chi connectivity index (χ0n) is 18.6. The van der Waals surface area contributed by atoms with E-state index in [1.807, 2.05) is 18.2 Å². The quantitative estimate of drug-likeness (QED) is 0.117. The minimum atomic E-state index is -0.321.